The van der Waals surface area contributed by atoms with Gasteiger partial charge >= 0.3 is 0 Å². The van der Waals surface area contributed by atoms with Crippen LogP contribution in [0.5, 0.6) is 69.0 Å². The topological polar surface area (TPSA) is 509 Å². The minimum absolute atomic E-state index is 0.00304. The quantitative estimate of drug-likeness (QED) is 0.0137. The van der Waals surface area contributed by atoms with Crippen molar-refractivity contribution in [2.24, 2.45) is 0 Å². The van der Waals surface area contributed by atoms with Gasteiger partial charge in [-0.1, -0.05) is 194 Å². The number of aliphatic carboxylic acids is 2. The van der Waals surface area contributed by atoms with Crippen LogP contribution < -0.4 is 68.3 Å². The first-order valence-electron chi connectivity index (χ1n) is 45.5. The summed E-state index contributed by atoms with van der Waals surface area (Å²) in [6.45, 7) is 2.48. The van der Waals surface area contributed by atoms with Crippen LogP contribution in [0.3, 0.4) is 0 Å². The molecular weight excluding hydrogens is 1800 g/mol. The van der Waals surface area contributed by atoms with Crippen molar-refractivity contribution in [3.05, 3.63) is 384 Å². The number of benzene rings is 16. The maximum atomic E-state index is 10.9. The highest BCUT2D eigenvalue weighted by Crippen LogP contribution is 2.59. The molecule has 724 valence electrons. The number of carboxylic acids is 2. The molecule has 0 aliphatic heterocycles. The Kier molecular flexibility index (Phi) is 30.7. The smallest absolute Gasteiger partial charge is 0.300 e. The van der Waals surface area contributed by atoms with Gasteiger partial charge in [-0.3, -0.25) is 4.79 Å². The van der Waals surface area contributed by atoms with Crippen molar-refractivity contribution in [1.82, 2.24) is 0 Å². The number of anilines is 8. The Morgan fingerprint density at radius 2 is 0.444 bits per heavy atom. The molecule has 25 N–H and O–H groups in total. The van der Waals surface area contributed by atoms with Crippen LogP contribution in [-0.4, -0.2) is 155 Å². The second kappa shape index (κ2) is 44.2. The number of hydrogen-bond acceptors (Lipinski definition) is 27. The van der Waals surface area contributed by atoms with E-state index in [4.69, 9.17) is 61.7 Å². The summed E-state index contributed by atoms with van der Waals surface area (Å²) in [7, 11) is 0. The van der Waals surface area contributed by atoms with Gasteiger partial charge in [0.2, 0.25) is 0 Å². The zero-order valence-electron chi connectivity index (χ0n) is 77.3. The molecule has 2 aliphatic carbocycles. The molecule has 0 heterocycles. The van der Waals surface area contributed by atoms with E-state index in [1.807, 2.05) is 72.8 Å². The maximum Gasteiger partial charge on any atom is 0.300 e. The molecule has 28 heteroatoms. The molecule has 0 radical (unpaired) electrons. The fourth-order valence-corrected chi connectivity index (χ4v) is 17.5. The van der Waals surface area contributed by atoms with Crippen LogP contribution in [0.1, 0.15) is 58.4 Å². The van der Waals surface area contributed by atoms with Gasteiger partial charge in [0.15, 0.2) is 0 Å². The van der Waals surface area contributed by atoms with Crippen LogP contribution in [0.15, 0.2) is 340 Å². The predicted octanol–water partition coefficient (Wildman–Crippen LogP) is 17.0. The molecule has 0 fully saturated rings. The number of aliphatic hydroxyl groups is 4. The van der Waals surface area contributed by atoms with Gasteiger partial charge in [-0.05, 0) is 264 Å². The molecule has 0 aromatic heterocycles. The molecule has 142 heavy (non-hydrogen) atoms. The highest BCUT2D eigenvalue weighted by atomic mass is 16.5. The number of nitrogens with two attached hydrogens (primary N) is 4. The van der Waals surface area contributed by atoms with Gasteiger partial charge in [-0.25, -0.2) is 0 Å². The molecule has 0 amide bonds. The molecule has 4 atom stereocenters. The maximum absolute atomic E-state index is 10.9. The number of carbonyl (C=O) groups is 2. The number of phenolic OH excluding ortho intramolecular Hbond substituents is 8. The van der Waals surface area contributed by atoms with Crippen molar-refractivity contribution < 1.29 is 100 Å². The van der Waals surface area contributed by atoms with Gasteiger partial charge in [-0.15, -0.1) is 0 Å². The van der Waals surface area contributed by atoms with E-state index in [1.165, 1.54) is 24.3 Å². The van der Waals surface area contributed by atoms with E-state index >= 15 is 0 Å². The lowest BCUT2D eigenvalue weighted by molar-refractivity contribution is -0.302. The summed E-state index contributed by atoms with van der Waals surface area (Å²) in [5.41, 5.74) is 44.2. The molecule has 4 unspecified atom stereocenters. The summed E-state index contributed by atoms with van der Waals surface area (Å²) in [5.74, 6) is 0.461. The lowest BCUT2D eigenvalue weighted by Gasteiger charge is -2.34. The third-order valence-electron chi connectivity index (χ3n) is 24.4. The third kappa shape index (κ3) is 22.6. The Morgan fingerprint density at radius 3 is 0.627 bits per heavy atom. The van der Waals surface area contributed by atoms with Gasteiger partial charge in [-0.2, -0.15) is 0 Å². The monoisotopic (exact) mass is 1910 g/mol. The average molecular weight is 1910 g/mol. The van der Waals surface area contributed by atoms with E-state index in [-0.39, 0.29) is 121 Å². The average Bonchev–Trinajstić information content (AvgIpc) is 1.54. The van der Waals surface area contributed by atoms with Crippen molar-refractivity contribution in [3.8, 4) is 136 Å². The lowest BCUT2D eigenvalue weighted by atomic mass is 9.68. The molecule has 16 aromatic rings. The van der Waals surface area contributed by atoms with Gasteiger partial charge in [0.25, 0.3) is 5.97 Å². The predicted molar refractivity (Wildman–Crippen MR) is 550 cm³/mol. The number of hydrogen-bond donors (Lipinski definition) is 21. The molecule has 0 saturated heterocycles. The summed E-state index contributed by atoms with van der Waals surface area (Å²) in [6.07, 6.45) is -3.63. The van der Waals surface area contributed by atoms with Crippen LogP contribution in [-0.2, 0) is 20.4 Å². The lowest BCUT2D eigenvalue weighted by Crippen LogP contribution is -2.29. The zero-order valence-corrected chi connectivity index (χ0v) is 77.3. The normalized spacial score (nSPS) is 12.8. The highest BCUT2D eigenvalue weighted by Gasteiger charge is 2.48. The van der Waals surface area contributed by atoms with Crippen LogP contribution >= 0.6 is 0 Å². The Morgan fingerprint density at radius 1 is 0.275 bits per heavy atom. The number of nitrogen functional groups attached to an aromatic ring is 4. The summed E-state index contributed by atoms with van der Waals surface area (Å²) in [5, 5.41) is 154. The van der Waals surface area contributed by atoms with Crippen molar-refractivity contribution in [1.29, 1.82) is 0 Å². The third-order valence-corrected chi connectivity index (χ3v) is 24.4. The zero-order chi connectivity index (χ0) is 100. The van der Waals surface area contributed by atoms with E-state index in [0.717, 1.165) is 125 Å². The van der Waals surface area contributed by atoms with Crippen molar-refractivity contribution in [3.63, 3.8) is 0 Å². The van der Waals surface area contributed by atoms with Gasteiger partial charge in [0, 0.05) is 39.1 Å². The van der Waals surface area contributed by atoms with E-state index in [9.17, 15) is 61.3 Å². The van der Waals surface area contributed by atoms with Crippen LogP contribution in [0.4, 0.5) is 45.5 Å². The second-order valence-electron chi connectivity index (χ2n) is 34.2. The first-order chi connectivity index (χ1) is 68.4. The fraction of sp³-hybridized carbons (Fsp3) is 0.140. The molecule has 18 rings (SSSR count). The number of aliphatic hydroxyl groups excluding tert-OH is 4. The Hall–Kier alpha value is -17.7. The van der Waals surface area contributed by atoms with Gasteiger partial charge in [0.1, 0.15) is 120 Å². The molecule has 16 aromatic carbocycles. The van der Waals surface area contributed by atoms with Crippen LogP contribution in [0, 0.1) is 0 Å². The number of phenols is 8. The van der Waals surface area contributed by atoms with Crippen LogP contribution in [0.2, 0.25) is 0 Å². The molecule has 2 aliphatic rings. The Labute approximate surface area is 818 Å². The molecule has 0 spiro atoms. The number of nitrogens with one attached hydrogen (secondary N) is 4. The number of fused-ring (bicyclic) bond motifs is 6. The van der Waals surface area contributed by atoms with Gasteiger partial charge in [0.05, 0.1) is 56.3 Å². The van der Waals surface area contributed by atoms with Gasteiger partial charge < -0.3 is 139 Å². The molecular formula is C114H107N8O20-. The van der Waals surface area contributed by atoms with E-state index < -0.39 is 47.2 Å². The van der Waals surface area contributed by atoms with Crippen molar-refractivity contribution in [2.45, 2.75) is 49.1 Å². The second-order valence-corrected chi connectivity index (χ2v) is 34.2. The Balaban J connectivity index is 0.000000199. The minimum atomic E-state index is -1.08. The summed E-state index contributed by atoms with van der Waals surface area (Å²) in [6, 6.07) is 105. The van der Waals surface area contributed by atoms with E-state index in [2.05, 4.69) is 143 Å². The fourth-order valence-electron chi connectivity index (χ4n) is 17.5. The molecule has 0 bridgehead atoms. The largest absolute Gasteiger partial charge is 0.550 e. The van der Waals surface area contributed by atoms with E-state index in [0.29, 0.717) is 45.7 Å². The summed E-state index contributed by atoms with van der Waals surface area (Å²) in [4.78, 5) is 17.9. The number of ether oxygens (including phenoxy) is 4. The minimum Gasteiger partial charge on any atom is -0.550 e. The van der Waals surface area contributed by atoms with Crippen LogP contribution in [0.25, 0.3) is 66.8 Å². The molecule has 0 saturated carbocycles. The SMILES string of the molecule is CC(=O)O.CC(=O)[O-].Nc1cc(-c2ccc(O)c(NCC(O)COc3ccc(C4(c5ccc(OCC(O)CNc6cc(-c7ccc(O)c(N)c7)ccc6O)cc5)c5ccccc5-c5ccccc54)cc3)c2)ccc1O.Nc1cc(-c2ccc(O)c(NCC(O)COc3ccc(C4(c5ccc(OCC(O)CNc6cc(-c7ccc(O)c(N)c7)ccc6O)cc5)c5ccccc5-c5ccccc54)cc3)c2)ccc1O. The first kappa shape index (κ1) is 98.8. The first-order valence-corrected chi connectivity index (χ1v) is 45.5. The molecule has 28 nitrogen and oxygen atoms in total. The number of carboxylic acid groups (broad SMARTS) is 2. The van der Waals surface area contributed by atoms with E-state index in [1.54, 1.807) is 121 Å². The Bertz CT molecular complexity index is 6330. The number of carbonyl (C=O) groups excluding carboxylic acids is 1. The van der Waals surface area contributed by atoms with Crippen molar-refractivity contribution >= 4 is 57.4 Å². The summed E-state index contributed by atoms with van der Waals surface area (Å²) >= 11 is 0. The number of aromatic hydroxyl groups is 8. The standard InChI is InChI=1S/2C55H50N4O8.2C2H4O2/c2*56-47-25-33(9-21-51(47)62)35-11-23-53(64)49(27-35)58-29-39(60)31-66-41-17-13-37(14-18-41)55(45-7-3-1-5-43(45)44-6-2-4-8-46(44)55)38-15-19-42(20-16-38)67-32-40(61)30-59-50-28-36(12-24-54(50)65)34-10-22-52(63)48(57)26-34;2*1-2(3)4/h2*1-28,39-40,58-65H,29-32,56-57H2;2*1H3,(H,3,4)/p-1. The number of rotatable bonds is 32. The highest BCUT2D eigenvalue weighted by molar-refractivity contribution is 5.89. The van der Waals surface area contributed by atoms with Crippen molar-refractivity contribution in [2.75, 3.05) is 96.8 Å². The summed E-state index contributed by atoms with van der Waals surface area (Å²) < 4.78 is 24.3.